The Bertz CT molecular complexity index is 502. The molecule has 9 heteroatoms. The lowest BCUT2D eigenvalue weighted by atomic mass is 10.2. The summed E-state index contributed by atoms with van der Waals surface area (Å²) in [5.41, 5.74) is 0.0578. The van der Waals surface area contributed by atoms with E-state index in [0.717, 1.165) is 11.3 Å². The Morgan fingerprint density at radius 3 is 2.75 bits per heavy atom. The van der Waals surface area contributed by atoms with Gasteiger partial charge in [0.05, 0.1) is 0 Å². The zero-order valence-corrected chi connectivity index (χ0v) is 11.8. The van der Waals surface area contributed by atoms with E-state index in [1.54, 1.807) is 0 Å². The predicted molar refractivity (Wildman–Crippen MR) is 71.8 cm³/mol. The van der Waals surface area contributed by atoms with Crippen LogP contribution in [-0.2, 0) is 14.3 Å². The second kappa shape index (κ2) is 7.56. The number of rotatable bonds is 7. The third-order valence-corrected chi connectivity index (χ3v) is 2.99. The molecule has 0 saturated heterocycles. The molecule has 0 aliphatic carbocycles. The maximum atomic E-state index is 11.8. The van der Waals surface area contributed by atoms with Gasteiger partial charge in [0.25, 0.3) is 5.91 Å². The molecular weight excluding hydrogens is 286 g/mol. The van der Waals surface area contributed by atoms with Crippen molar-refractivity contribution in [3.8, 4) is 0 Å². The maximum Gasteiger partial charge on any atom is 0.326 e. The Labute approximate surface area is 119 Å². The molecule has 1 unspecified atom stereocenters. The molecule has 0 saturated carbocycles. The minimum absolute atomic E-state index is 0.0578. The maximum absolute atomic E-state index is 11.8. The molecule has 0 aliphatic heterocycles. The van der Waals surface area contributed by atoms with Crippen LogP contribution in [-0.4, -0.2) is 47.6 Å². The van der Waals surface area contributed by atoms with E-state index >= 15 is 0 Å². The molecule has 0 radical (unpaired) electrons. The van der Waals surface area contributed by atoms with E-state index in [2.05, 4.69) is 15.6 Å². The average molecular weight is 301 g/mol. The van der Waals surface area contributed by atoms with E-state index in [4.69, 9.17) is 9.84 Å². The third kappa shape index (κ3) is 4.94. The lowest BCUT2D eigenvalue weighted by Crippen LogP contribution is -2.41. The first-order valence-corrected chi connectivity index (χ1v) is 6.57. The fourth-order valence-corrected chi connectivity index (χ4v) is 2.05. The van der Waals surface area contributed by atoms with Gasteiger partial charge in [0, 0.05) is 32.4 Å². The van der Waals surface area contributed by atoms with Crippen LogP contribution in [0.25, 0.3) is 0 Å². The number of methoxy groups -OCH3 is 1. The Morgan fingerprint density at radius 1 is 1.50 bits per heavy atom. The van der Waals surface area contributed by atoms with Crippen molar-refractivity contribution in [2.75, 3.05) is 19.0 Å². The van der Waals surface area contributed by atoms with Crippen LogP contribution in [0.3, 0.4) is 0 Å². The highest BCUT2D eigenvalue weighted by atomic mass is 32.1. The summed E-state index contributed by atoms with van der Waals surface area (Å²) in [6.07, 6.45) is 0.153. The minimum atomic E-state index is -1.15. The summed E-state index contributed by atoms with van der Waals surface area (Å²) in [5.74, 6) is -2.05. The first-order chi connectivity index (χ1) is 9.43. The first-order valence-electron chi connectivity index (χ1n) is 5.69. The number of hydrogen-bond donors (Lipinski definition) is 3. The lowest BCUT2D eigenvalue weighted by Gasteiger charge is -2.12. The quantitative estimate of drug-likeness (QED) is 0.667. The molecule has 1 aromatic heterocycles. The number of anilines is 1. The average Bonchev–Trinajstić information content (AvgIpc) is 2.81. The van der Waals surface area contributed by atoms with Gasteiger partial charge in [0.2, 0.25) is 5.91 Å². The summed E-state index contributed by atoms with van der Waals surface area (Å²) in [4.78, 5) is 37.6. The molecule has 1 rings (SSSR count). The second-order valence-electron chi connectivity index (χ2n) is 3.86. The van der Waals surface area contributed by atoms with Gasteiger partial charge in [-0.05, 0) is 0 Å². The highest BCUT2D eigenvalue weighted by Crippen LogP contribution is 2.15. The minimum Gasteiger partial charge on any atom is -0.480 e. The number of aliphatic carboxylic acids is 1. The number of carbonyl (C=O) groups excluding carboxylic acids is 2. The Hall–Kier alpha value is -2.00. The highest BCUT2D eigenvalue weighted by Gasteiger charge is 2.21. The Kier molecular flexibility index (Phi) is 6.07. The van der Waals surface area contributed by atoms with Crippen molar-refractivity contribution in [3.05, 3.63) is 11.1 Å². The molecular formula is C11H15N3O5S. The van der Waals surface area contributed by atoms with Crippen LogP contribution < -0.4 is 10.6 Å². The van der Waals surface area contributed by atoms with Gasteiger partial charge in [-0.25, -0.2) is 9.78 Å². The van der Waals surface area contributed by atoms with Gasteiger partial charge >= 0.3 is 5.97 Å². The standard InChI is InChI=1S/C11H15N3O5S/c1-6(15)12-11-14-8(5-20-11)9(16)13-7(10(17)18)3-4-19-2/h5,7H,3-4H2,1-2H3,(H,13,16)(H,17,18)(H,12,14,15). The molecule has 1 aromatic rings. The monoisotopic (exact) mass is 301 g/mol. The van der Waals surface area contributed by atoms with Crippen LogP contribution in [0.1, 0.15) is 23.8 Å². The van der Waals surface area contributed by atoms with E-state index in [1.807, 2.05) is 0 Å². The van der Waals surface area contributed by atoms with E-state index < -0.39 is 17.9 Å². The molecule has 3 N–H and O–H groups in total. The molecule has 1 atom stereocenters. The third-order valence-electron chi connectivity index (χ3n) is 2.23. The molecule has 0 fully saturated rings. The Morgan fingerprint density at radius 2 is 2.20 bits per heavy atom. The number of carboxylic acid groups (broad SMARTS) is 1. The van der Waals surface area contributed by atoms with E-state index in [9.17, 15) is 14.4 Å². The van der Waals surface area contributed by atoms with Crippen molar-refractivity contribution in [2.24, 2.45) is 0 Å². The van der Waals surface area contributed by atoms with Crippen molar-refractivity contribution in [3.63, 3.8) is 0 Å². The van der Waals surface area contributed by atoms with Crippen molar-refractivity contribution >= 4 is 34.3 Å². The van der Waals surface area contributed by atoms with E-state index in [-0.39, 0.29) is 29.8 Å². The predicted octanol–water partition coefficient (Wildman–Crippen LogP) is 0.321. The van der Waals surface area contributed by atoms with Crippen molar-refractivity contribution in [1.29, 1.82) is 0 Å². The zero-order chi connectivity index (χ0) is 15.1. The number of ether oxygens (including phenoxy) is 1. The summed E-state index contributed by atoms with van der Waals surface area (Å²) >= 11 is 1.08. The van der Waals surface area contributed by atoms with Crippen LogP contribution >= 0.6 is 11.3 Å². The number of hydrogen-bond acceptors (Lipinski definition) is 6. The normalized spacial score (nSPS) is 11.7. The van der Waals surface area contributed by atoms with Gasteiger partial charge in [0.1, 0.15) is 11.7 Å². The van der Waals surface area contributed by atoms with Gasteiger partial charge in [-0.2, -0.15) is 0 Å². The van der Waals surface area contributed by atoms with Crippen molar-refractivity contribution in [1.82, 2.24) is 10.3 Å². The number of amides is 2. The molecule has 0 aromatic carbocycles. The number of carbonyl (C=O) groups is 3. The van der Waals surface area contributed by atoms with Crippen LogP contribution in [0.5, 0.6) is 0 Å². The highest BCUT2D eigenvalue weighted by molar-refractivity contribution is 7.14. The lowest BCUT2D eigenvalue weighted by molar-refractivity contribution is -0.139. The van der Waals surface area contributed by atoms with Gasteiger partial charge in [-0.15, -0.1) is 11.3 Å². The molecule has 0 aliphatic rings. The summed E-state index contributed by atoms with van der Waals surface area (Å²) in [6, 6.07) is -1.05. The number of carboxylic acids is 1. The van der Waals surface area contributed by atoms with Gasteiger partial charge in [-0.1, -0.05) is 0 Å². The zero-order valence-electron chi connectivity index (χ0n) is 11.0. The largest absolute Gasteiger partial charge is 0.480 e. The van der Waals surface area contributed by atoms with Gasteiger partial charge in [-0.3, -0.25) is 9.59 Å². The van der Waals surface area contributed by atoms with Crippen LogP contribution in [0.2, 0.25) is 0 Å². The smallest absolute Gasteiger partial charge is 0.326 e. The fourth-order valence-electron chi connectivity index (χ4n) is 1.31. The Balaban J connectivity index is 2.66. The van der Waals surface area contributed by atoms with E-state index in [0.29, 0.717) is 0 Å². The number of nitrogens with one attached hydrogen (secondary N) is 2. The van der Waals surface area contributed by atoms with Crippen LogP contribution in [0.15, 0.2) is 5.38 Å². The molecule has 1 heterocycles. The number of aromatic nitrogens is 1. The molecule has 0 spiro atoms. The number of thiazole rings is 1. The first kappa shape index (κ1) is 16.1. The van der Waals surface area contributed by atoms with Crippen molar-refractivity contribution < 1.29 is 24.2 Å². The molecule has 110 valence electrons. The molecule has 0 bridgehead atoms. The fraction of sp³-hybridized carbons (Fsp3) is 0.455. The van der Waals surface area contributed by atoms with Gasteiger partial charge < -0.3 is 20.5 Å². The topological polar surface area (TPSA) is 118 Å². The SMILES string of the molecule is COCCC(NC(=O)c1csc(NC(C)=O)n1)C(=O)O. The van der Waals surface area contributed by atoms with Crippen molar-refractivity contribution in [2.45, 2.75) is 19.4 Å². The second-order valence-corrected chi connectivity index (χ2v) is 4.72. The van der Waals surface area contributed by atoms with Crippen LogP contribution in [0.4, 0.5) is 5.13 Å². The molecule has 20 heavy (non-hydrogen) atoms. The van der Waals surface area contributed by atoms with Gasteiger partial charge in [0.15, 0.2) is 5.13 Å². The molecule has 8 nitrogen and oxygen atoms in total. The summed E-state index contributed by atoms with van der Waals surface area (Å²) in [5, 5.41) is 15.5. The summed E-state index contributed by atoms with van der Waals surface area (Å²) in [7, 11) is 1.45. The van der Waals surface area contributed by atoms with E-state index in [1.165, 1.54) is 19.4 Å². The summed E-state index contributed by atoms with van der Waals surface area (Å²) in [6.45, 7) is 1.54. The van der Waals surface area contributed by atoms with Crippen LogP contribution in [0, 0.1) is 0 Å². The molecule has 2 amide bonds. The summed E-state index contributed by atoms with van der Waals surface area (Å²) < 4.78 is 4.78. The number of nitrogens with zero attached hydrogens (tertiary/aromatic N) is 1.